The Labute approximate surface area is 642 Å². The Kier molecular flexibility index (Phi) is 31.5. The summed E-state index contributed by atoms with van der Waals surface area (Å²) < 4.78 is 11.3. The molecule has 0 saturated carbocycles. The van der Waals surface area contributed by atoms with E-state index in [2.05, 4.69) is 10.6 Å². The molecule has 0 aromatic heterocycles. The van der Waals surface area contributed by atoms with E-state index in [9.17, 15) is 39.7 Å². The monoisotopic (exact) mass is 1540 g/mol. The zero-order valence-corrected chi connectivity index (χ0v) is 69.3. The van der Waals surface area contributed by atoms with E-state index in [0.717, 1.165) is 60.2 Å². The lowest BCUT2D eigenvalue weighted by Gasteiger charge is -2.43. The molecule has 2 fully saturated rings. The topological polar surface area (TPSA) is 398 Å². The van der Waals surface area contributed by atoms with E-state index in [0.29, 0.717) is 16.4 Å². The summed E-state index contributed by atoms with van der Waals surface area (Å²) in [5.74, 6) is -18.6. The van der Waals surface area contributed by atoms with Crippen molar-refractivity contribution >= 4 is 88.5 Å². The van der Waals surface area contributed by atoms with Crippen molar-refractivity contribution in [1.29, 1.82) is 0 Å². The van der Waals surface area contributed by atoms with Gasteiger partial charge in [0.1, 0.15) is 66.1 Å². The van der Waals surface area contributed by atoms with Gasteiger partial charge < -0.3 is 84.4 Å². The van der Waals surface area contributed by atoms with Gasteiger partial charge in [0.25, 0.3) is 12.1 Å². The van der Waals surface area contributed by atoms with Crippen LogP contribution in [0.1, 0.15) is 163 Å². The van der Waals surface area contributed by atoms with Crippen molar-refractivity contribution in [1.82, 2.24) is 59.6 Å². The summed E-state index contributed by atoms with van der Waals surface area (Å²) in [5, 5.41) is 53.5. The molecule has 4 rings (SSSR count). The maximum atomic E-state index is 15.6. The lowest BCUT2D eigenvalue weighted by atomic mass is 9.90. The third kappa shape index (κ3) is 20.5. The minimum Gasteiger partial charge on any atom is -0.462 e. The highest BCUT2D eigenvalue weighted by molar-refractivity contribution is 6.01. The number of hydrogen-bond acceptors (Lipinski definition) is 21. The first-order chi connectivity index (χ1) is 50.0. The van der Waals surface area contributed by atoms with Crippen LogP contribution >= 0.6 is 0 Å². The quantitative estimate of drug-likeness (QED) is 0.135. The smallest absolute Gasteiger partial charge is 0.308 e. The molecule has 0 radical (unpaired) electrons. The second-order valence-electron chi connectivity index (χ2n) is 32.8. The number of likely N-dealkylation sites (N-methyl/N-ethyl adjacent to an activating group) is 9. The fourth-order valence-electron chi connectivity index (χ4n) is 15.1. The van der Waals surface area contributed by atoms with Crippen LogP contribution in [0.25, 0.3) is 0 Å². The van der Waals surface area contributed by atoms with Crippen molar-refractivity contribution in [3.8, 4) is 0 Å². The summed E-state index contributed by atoms with van der Waals surface area (Å²) in [5.41, 5.74) is -5.64. The number of rotatable bonds is 15. The first-order valence-corrected chi connectivity index (χ1v) is 37.4. The van der Waals surface area contributed by atoms with Gasteiger partial charge in [0.2, 0.25) is 65.0 Å². The summed E-state index contributed by atoms with van der Waals surface area (Å²) in [6.07, 6.45) is -5.78. The van der Waals surface area contributed by atoms with Crippen molar-refractivity contribution in [2.75, 3.05) is 81.6 Å². The number of esters is 2. The number of ether oxygens (including phenoxy) is 2. The van der Waals surface area contributed by atoms with Crippen molar-refractivity contribution in [3.05, 3.63) is 29.8 Å². The van der Waals surface area contributed by atoms with E-state index in [1.54, 1.807) is 95.2 Å². The molecule has 0 aliphatic carbocycles. The van der Waals surface area contributed by atoms with Gasteiger partial charge in [-0.2, -0.15) is 0 Å². The number of anilines is 1. The fourth-order valence-corrected chi connectivity index (χ4v) is 15.1. The normalized spacial score (nSPS) is 27.6. The van der Waals surface area contributed by atoms with Gasteiger partial charge >= 0.3 is 11.9 Å². The zero-order valence-electron chi connectivity index (χ0n) is 69.3. The van der Waals surface area contributed by atoms with Gasteiger partial charge in [-0.25, -0.2) is 5.06 Å². The van der Waals surface area contributed by atoms with Crippen LogP contribution in [0.5, 0.6) is 0 Å². The maximum absolute atomic E-state index is 15.6. The van der Waals surface area contributed by atoms with E-state index in [1.807, 2.05) is 0 Å². The van der Waals surface area contributed by atoms with Crippen LogP contribution in [0.2, 0.25) is 0 Å². The first kappa shape index (κ1) is 92.8. The second-order valence-corrected chi connectivity index (χ2v) is 32.8. The SMILES string of the molecule is CCC(C)[C@@H]1NC(=O)[C@H](C(C)C)N(C)C(=O)[C@@H]2C[C@@]3(O)c4ccccc4N(O)[C@H]3N2C(=O)CN(C)C(=O)[C@H]([C@@H](C)CC)N(C)C(=O)[C@H](C(C)C)NC(=O)C(OC(C)=O)N(C)C(=O)[C@H]([C@@H](C)C(C)OC(=O)CC(C)(C)O)N(C)C(=O)[C@@H](C(C)(C)O)N(C)C(=O)CN(C)C(=O)[C@H](C(C)C)N(C)C(=O)[C@H](C(C)C)N(C)C1=O. The minimum atomic E-state index is -2.26. The Morgan fingerprint density at radius 3 is 1.46 bits per heavy atom. The average molecular weight is 1540 g/mol. The Morgan fingerprint density at radius 2 is 0.972 bits per heavy atom. The number of nitrogens with zero attached hydrogens (tertiary/aromatic N) is 11. The summed E-state index contributed by atoms with van der Waals surface area (Å²) in [4.78, 5) is 219. The molecular weight excluding hydrogens is 1410 g/mol. The average Bonchev–Trinajstić information content (AvgIpc) is 1.54. The molecule has 3 unspecified atom stereocenters. The lowest BCUT2D eigenvalue weighted by molar-refractivity contribution is -0.176. The molecule has 1 aromatic carbocycles. The van der Waals surface area contributed by atoms with Crippen LogP contribution in [0.3, 0.4) is 0 Å². The molecule has 614 valence electrons. The molecule has 33 heteroatoms. The number of carbonyl (C=O) groups excluding carboxylic acids is 14. The Balaban J connectivity index is 2.06. The number of nitrogens with one attached hydrogen (secondary N) is 2. The molecule has 0 spiro atoms. The van der Waals surface area contributed by atoms with E-state index in [4.69, 9.17) is 9.47 Å². The molecule has 3 heterocycles. The van der Waals surface area contributed by atoms with E-state index >= 15 is 47.9 Å². The van der Waals surface area contributed by atoms with E-state index < -0.39 is 240 Å². The minimum absolute atomic E-state index is 0.103. The molecule has 1 aromatic rings. The number of hydroxylamine groups is 1. The number of fused-ring (bicyclic) bond motifs is 5. The van der Waals surface area contributed by atoms with Crippen molar-refractivity contribution in [2.24, 2.45) is 41.4 Å². The van der Waals surface area contributed by atoms with Gasteiger partial charge in [-0.15, -0.1) is 0 Å². The molecule has 3 aliphatic heterocycles. The predicted octanol–water partition coefficient (Wildman–Crippen LogP) is 1.44. The molecule has 109 heavy (non-hydrogen) atoms. The highest BCUT2D eigenvalue weighted by Crippen LogP contribution is 2.52. The summed E-state index contributed by atoms with van der Waals surface area (Å²) in [7, 11) is 11.2. The highest BCUT2D eigenvalue weighted by Gasteiger charge is 2.64. The van der Waals surface area contributed by atoms with Crippen molar-refractivity contribution < 1.29 is 97.1 Å². The van der Waals surface area contributed by atoms with Crippen LogP contribution in [-0.2, 0) is 82.2 Å². The van der Waals surface area contributed by atoms with Crippen LogP contribution in [0.4, 0.5) is 5.69 Å². The standard InChI is InChI=1S/C76H125N13O20/c1-29-43(11)55-66(98)83(24)58(42(9)10)69(101)84(25)57(41(7)8)67(99)79(20)37-51(91)81(22)61(75(18,19)105)71(103)86(27)60(45(13)46(14)108-53(93)36-74(16,17)104)70(102)87(28)72(109-47(15)90)63(95)77-54(39(3)4)65(97)85(26)59(44(12)30-2)68(100)80(21)38-52(92)88-50(64(96)82(23)56(40(5)6)62(94)78-55)35-76(106)48-33-31-32-34-49(48)89(107)73(76)88/h31-34,39-46,50,54-61,72-73,104-107H,29-30,35-38H2,1-28H3,(H,77,95)(H,78,94)/t43?,44-,45-,46?,50-,54-,55-,56-,57-,58-,59-,60-,61-,72?,73+,76+/m0/s1. The van der Waals surface area contributed by atoms with E-state index in [-0.39, 0.29) is 17.7 Å². The van der Waals surface area contributed by atoms with Crippen LogP contribution in [-0.4, -0.2) is 313 Å². The van der Waals surface area contributed by atoms with Crippen LogP contribution in [0.15, 0.2) is 24.3 Å². The van der Waals surface area contributed by atoms with E-state index in [1.165, 1.54) is 108 Å². The Morgan fingerprint density at radius 1 is 0.532 bits per heavy atom. The van der Waals surface area contributed by atoms with Gasteiger partial charge in [0.05, 0.1) is 36.4 Å². The summed E-state index contributed by atoms with van der Waals surface area (Å²) in [6.45, 7) is 27.2. The van der Waals surface area contributed by atoms with Gasteiger partial charge in [0, 0.05) is 88.3 Å². The number of carbonyl (C=O) groups is 14. The number of amides is 12. The van der Waals surface area contributed by atoms with Crippen molar-refractivity contribution in [3.63, 3.8) is 0 Å². The van der Waals surface area contributed by atoms with Gasteiger partial charge in [-0.1, -0.05) is 121 Å². The third-order valence-electron chi connectivity index (χ3n) is 21.7. The number of para-hydroxylation sites is 1. The van der Waals surface area contributed by atoms with Gasteiger partial charge in [0.15, 0.2) is 6.17 Å². The number of hydrogen-bond donors (Lipinski definition) is 6. The maximum Gasteiger partial charge on any atom is 0.308 e. The molecular formula is C76H125N13O20. The van der Waals surface area contributed by atoms with Gasteiger partial charge in [-0.05, 0) is 76.2 Å². The highest BCUT2D eigenvalue weighted by atomic mass is 16.6. The van der Waals surface area contributed by atoms with Crippen LogP contribution in [0, 0.1) is 41.4 Å². The molecule has 33 nitrogen and oxygen atoms in total. The van der Waals surface area contributed by atoms with Gasteiger partial charge in [-0.3, -0.25) is 72.3 Å². The Hall–Kier alpha value is -8.56. The van der Waals surface area contributed by atoms with Crippen molar-refractivity contribution in [2.45, 2.75) is 247 Å². The molecule has 16 atom stereocenters. The lowest BCUT2D eigenvalue weighted by Crippen LogP contribution is -2.65. The molecule has 12 amide bonds. The largest absolute Gasteiger partial charge is 0.462 e. The molecule has 3 aliphatic rings. The first-order valence-electron chi connectivity index (χ1n) is 37.4. The Bertz CT molecular complexity index is 3520. The molecule has 6 N–H and O–H groups in total. The van der Waals surface area contributed by atoms with Crippen LogP contribution < -0.4 is 15.7 Å². The zero-order chi connectivity index (χ0) is 84.0. The fraction of sp³-hybridized carbons (Fsp3) is 0.737. The predicted molar refractivity (Wildman–Crippen MR) is 401 cm³/mol. The summed E-state index contributed by atoms with van der Waals surface area (Å²) in [6, 6.07) is -7.64. The third-order valence-corrected chi connectivity index (χ3v) is 21.7. The number of aliphatic hydroxyl groups is 3. The molecule has 0 bridgehead atoms. The second kappa shape index (κ2) is 37.0. The summed E-state index contributed by atoms with van der Waals surface area (Å²) >= 11 is 0. The number of benzene rings is 1. The molecule has 2 saturated heterocycles.